The number of aromatic nitrogens is 3. The molecule has 0 spiro atoms. The van der Waals surface area contributed by atoms with Crippen LogP contribution < -0.4 is 5.73 Å². The SMILES string of the molecule is CC1CCc2nc(-c3ccc(CN)cc3)nn2C1. The van der Waals surface area contributed by atoms with E-state index in [1.54, 1.807) is 0 Å². The monoisotopic (exact) mass is 242 g/mol. The van der Waals surface area contributed by atoms with E-state index in [2.05, 4.69) is 21.7 Å². The highest BCUT2D eigenvalue weighted by Crippen LogP contribution is 2.22. The summed E-state index contributed by atoms with van der Waals surface area (Å²) >= 11 is 0. The molecular formula is C14H18N4. The molecule has 3 rings (SSSR count). The lowest BCUT2D eigenvalue weighted by molar-refractivity contribution is 0.368. The number of nitrogens with zero attached hydrogens (tertiary/aromatic N) is 3. The summed E-state index contributed by atoms with van der Waals surface area (Å²) in [5, 5.41) is 4.60. The third-order valence-electron chi connectivity index (χ3n) is 3.54. The normalized spacial score (nSPS) is 18.7. The second-order valence-corrected chi connectivity index (χ2v) is 5.08. The minimum atomic E-state index is 0.574. The van der Waals surface area contributed by atoms with Crippen LogP contribution in [-0.2, 0) is 19.5 Å². The van der Waals surface area contributed by atoms with Crippen LogP contribution in [0.1, 0.15) is 24.7 Å². The molecule has 0 saturated heterocycles. The maximum absolute atomic E-state index is 5.60. The third kappa shape index (κ3) is 2.04. The van der Waals surface area contributed by atoms with Gasteiger partial charge in [0, 0.05) is 25.1 Å². The van der Waals surface area contributed by atoms with Gasteiger partial charge in [-0.2, -0.15) is 5.10 Å². The Labute approximate surface area is 107 Å². The highest BCUT2D eigenvalue weighted by Gasteiger charge is 2.18. The quantitative estimate of drug-likeness (QED) is 0.876. The maximum Gasteiger partial charge on any atom is 0.181 e. The van der Waals surface area contributed by atoms with Gasteiger partial charge in [0.25, 0.3) is 0 Å². The lowest BCUT2D eigenvalue weighted by atomic mass is 10.0. The van der Waals surface area contributed by atoms with E-state index in [0.717, 1.165) is 35.7 Å². The third-order valence-corrected chi connectivity index (χ3v) is 3.54. The van der Waals surface area contributed by atoms with Crippen molar-refractivity contribution in [3.8, 4) is 11.4 Å². The van der Waals surface area contributed by atoms with Crippen LogP contribution in [0.5, 0.6) is 0 Å². The van der Waals surface area contributed by atoms with Crippen LogP contribution >= 0.6 is 0 Å². The van der Waals surface area contributed by atoms with Crippen LogP contribution in [0.2, 0.25) is 0 Å². The Morgan fingerprint density at radius 1 is 1.33 bits per heavy atom. The molecule has 94 valence electrons. The van der Waals surface area contributed by atoms with Crippen molar-refractivity contribution in [2.75, 3.05) is 0 Å². The second kappa shape index (κ2) is 4.53. The van der Waals surface area contributed by atoms with E-state index in [0.29, 0.717) is 12.5 Å². The number of nitrogens with two attached hydrogens (primary N) is 1. The largest absolute Gasteiger partial charge is 0.326 e. The topological polar surface area (TPSA) is 56.7 Å². The van der Waals surface area contributed by atoms with Crippen LogP contribution in [0, 0.1) is 5.92 Å². The Kier molecular flexibility index (Phi) is 2.88. The molecule has 0 saturated carbocycles. The van der Waals surface area contributed by atoms with Gasteiger partial charge < -0.3 is 5.73 Å². The number of rotatable bonds is 2. The van der Waals surface area contributed by atoms with E-state index >= 15 is 0 Å². The molecule has 1 unspecified atom stereocenters. The van der Waals surface area contributed by atoms with Crippen molar-refractivity contribution in [3.05, 3.63) is 35.7 Å². The molecule has 2 heterocycles. The van der Waals surface area contributed by atoms with Crippen LogP contribution in [-0.4, -0.2) is 14.8 Å². The molecule has 0 bridgehead atoms. The van der Waals surface area contributed by atoms with Gasteiger partial charge in [0.15, 0.2) is 5.82 Å². The van der Waals surface area contributed by atoms with Crippen molar-refractivity contribution in [1.82, 2.24) is 14.8 Å². The van der Waals surface area contributed by atoms with E-state index in [-0.39, 0.29) is 0 Å². The van der Waals surface area contributed by atoms with Gasteiger partial charge in [-0.05, 0) is 17.9 Å². The highest BCUT2D eigenvalue weighted by molar-refractivity contribution is 5.55. The zero-order valence-electron chi connectivity index (χ0n) is 10.6. The van der Waals surface area contributed by atoms with E-state index < -0.39 is 0 Å². The van der Waals surface area contributed by atoms with Crippen LogP contribution in [0.4, 0.5) is 0 Å². The summed E-state index contributed by atoms with van der Waals surface area (Å²) in [6, 6.07) is 8.18. The molecule has 2 N–H and O–H groups in total. The summed E-state index contributed by atoms with van der Waals surface area (Å²) in [6.07, 6.45) is 2.25. The van der Waals surface area contributed by atoms with Crippen molar-refractivity contribution in [2.45, 2.75) is 32.9 Å². The zero-order chi connectivity index (χ0) is 12.5. The lowest BCUT2D eigenvalue weighted by Gasteiger charge is -2.17. The number of aryl methyl sites for hydroxylation is 1. The number of hydrogen-bond acceptors (Lipinski definition) is 3. The molecule has 0 radical (unpaired) electrons. The molecule has 0 fully saturated rings. The molecule has 0 amide bonds. The standard InChI is InChI=1S/C14H18N4/c1-10-2-7-13-16-14(17-18(13)9-10)12-5-3-11(8-15)4-6-12/h3-6,10H,2,7-9,15H2,1H3. The van der Waals surface area contributed by atoms with Crippen LogP contribution in [0.3, 0.4) is 0 Å². The van der Waals surface area contributed by atoms with E-state index in [1.807, 2.05) is 24.3 Å². The van der Waals surface area contributed by atoms with Crippen molar-refractivity contribution in [3.63, 3.8) is 0 Å². The predicted molar refractivity (Wildman–Crippen MR) is 70.8 cm³/mol. The predicted octanol–water partition coefficient (Wildman–Crippen LogP) is 1.99. The van der Waals surface area contributed by atoms with Gasteiger partial charge in [-0.3, -0.25) is 0 Å². The number of benzene rings is 1. The molecule has 1 atom stereocenters. The Balaban J connectivity index is 1.92. The summed E-state index contributed by atoms with van der Waals surface area (Å²) in [5.41, 5.74) is 7.80. The van der Waals surface area contributed by atoms with Crippen molar-refractivity contribution in [1.29, 1.82) is 0 Å². The molecule has 4 nitrogen and oxygen atoms in total. The van der Waals surface area contributed by atoms with Gasteiger partial charge in [0.1, 0.15) is 5.82 Å². The van der Waals surface area contributed by atoms with Crippen molar-refractivity contribution >= 4 is 0 Å². The van der Waals surface area contributed by atoms with Gasteiger partial charge in [0.2, 0.25) is 0 Å². The van der Waals surface area contributed by atoms with Gasteiger partial charge >= 0.3 is 0 Å². The highest BCUT2D eigenvalue weighted by atomic mass is 15.4. The first-order valence-corrected chi connectivity index (χ1v) is 6.49. The fourth-order valence-electron chi connectivity index (χ4n) is 2.38. The molecule has 1 aliphatic rings. The average Bonchev–Trinajstić information content (AvgIpc) is 2.81. The van der Waals surface area contributed by atoms with E-state index in [9.17, 15) is 0 Å². The molecular weight excluding hydrogens is 224 g/mol. The Morgan fingerprint density at radius 2 is 2.11 bits per heavy atom. The second-order valence-electron chi connectivity index (χ2n) is 5.08. The van der Waals surface area contributed by atoms with Crippen LogP contribution in [0.15, 0.2) is 24.3 Å². The van der Waals surface area contributed by atoms with Gasteiger partial charge in [-0.25, -0.2) is 9.67 Å². The van der Waals surface area contributed by atoms with Crippen LogP contribution in [0.25, 0.3) is 11.4 Å². The van der Waals surface area contributed by atoms with Gasteiger partial charge in [0.05, 0.1) is 0 Å². The van der Waals surface area contributed by atoms with Crippen molar-refractivity contribution < 1.29 is 0 Å². The minimum Gasteiger partial charge on any atom is -0.326 e. The molecule has 1 aromatic carbocycles. The van der Waals surface area contributed by atoms with Crippen molar-refractivity contribution in [2.24, 2.45) is 11.7 Å². The summed E-state index contributed by atoms with van der Waals surface area (Å²) in [5.74, 6) is 2.65. The summed E-state index contributed by atoms with van der Waals surface area (Å²) in [4.78, 5) is 4.63. The fraction of sp³-hybridized carbons (Fsp3) is 0.429. The molecule has 2 aromatic rings. The first-order chi connectivity index (χ1) is 8.76. The Bertz CT molecular complexity index is 541. The molecule has 4 heteroatoms. The molecule has 0 aliphatic carbocycles. The minimum absolute atomic E-state index is 0.574. The Hall–Kier alpha value is -1.68. The lowest BCUT2D eigenvalue weighted by Crippen LogP contribution is -2.18. The summed E-state index contributed by atoms with van der Waals surface area (Å²) in [6.45, 7) is 3.83. The Morgan fingerprint density at radius 3 is 2.83 bits per heavy atom. The smallest absolute Gasteiger partial charge is 0.181 e. The molecule has 18 heavy (non-hydrogen) atoms. The first kappa shape index (κ1) is 11.4. The van der Waals surface area contributed by atoms with Gasteiger partial charge in [-0.15, -0.1) is 0 Å². The maximum atomic E-state index is 5.60. The first-order valence-electron chi connectivity index (χ1n) is 6.49. The number of fused-ring (bicyclic) bond motifs is 1. The summed E-state index contributed by atoms with van der Waals surface area (Å²) < 4.78 is 2.06. The molecule has 1 aromatic heterocycles. The average molecular weight is 242 g/mol. The number of hydrogen-bond donors (Lipinski definition) is 1. The summed E-state index contributed by atoms with van der Waals surface area (Å²) in [7, 11) is 0. The van der Waals surface area contributed by atoms with E-state index in [1.165, 1.54) is 6.42 Å². The zero-order valence-corrected chi connectivity index (χ0v) is 10.6. The fourth-order valence-corrected chi connectivity index (χ4v) is 2.38. The van der Waals surface area contributed by atoms with E-state index in [4.69, 9.17) is 5.73 Å². The molecule has 1 aliphatic heterocycles. The van der Waals surface area contributed by atoms with Gasteiger partial charge in [-0.1, -0.05) is 31.2 Å².